The van der Waals surface area contributed by atoms with E-state index in [0.717, 1.165) is 5.56 Å². The van der Waals surface area contributed by atoms with Crippen LogP contribution in [0.25, 0.3) is 5.69 Å². The van der Waals surface area contributed by atoms with Crippen molar-refractivity contribution in [3.63, 3.8) is 0 Å². The topological polar surface area (TPSA) is 88.4 Å². The van der Waals surface area contributed by atoms with Gasteiger partial charge in [-0.25, -0.2) is 0 Å². The Balaban J connectivity index is 1.62. The van der Waals surface area contributed by atoms with Crippen LogP contribution < -0.4 is 10.9 Å². The van der Waals surface area contributed by atoms with Crippen molar-refractivity contribution in [2.45, 2.75) is 6.42 Å². The standard InChI is InChI=1S/C27H21BrN2O4/c28-20-11-12-24(31)22(16-20)26(33)19-10-13-25(32)30(17-19)23-9-5-4-8-21(23)27(34)29-15-14-18-6-2-1-3-7-18/h1-13,16-17,31H,14-15H2,(H,29,34). The number of halogens is 1. The molecule has 170 valence electrons. The monoisotopic (exact) mass is 516 g/mol. The van der Waals surface area contributed by atoms with E-state index < -0.39 is 5.78 Å². The molecule has 0 radical (unpaired) electrons. The third-order valence-corrected chi connectivity index (χ3v) is 5.82. The van der Waals surface area contributed by atoms with E-state index in [1.165, 1.54) is 35.0 Å². The number of nitrogens with one attached hydrogen (secondary N) is 1. The lowest BCUT2D eigenvalue weighted by Crippen LogP contribution is -2.28. The number of aromatic nitrogens is 1. The molecular formula is C27H21BrN2O4. The van der Waals surface area contributed by atoms with Gasteiger partial charge in [0.2, 0.25) is 0 Å². The Morgan fingerprint density at radius 3 is 2.41 bits per heavy atom. The number of phenolic OH excluding ortho intramolecular Hbond substituents is 1. The maximum Gasteiger partial charge on any atom is 0.255 e. The van der Waals surface area contributed by atoms with E-state index in [9.17, 15) is 19.5 Å². The zero-order chi connectivity index (χ0) is 24.1. The summed E-state index contributed by atoms with van der Waals surface area (Å²) in [4.78, 5) is 38.7. The molecule has 0 aliphatic rings. The van der Waals surface area contributed by atoms with Crippen molar-refractivity contribution in [1.82, 2.24) is 9.88 Å². The van der Waals surface area contributed by atoms with Crippen molar-refractivity contribution in [3.05, 3.63) is 128 Å². The Morgan fingerprint density at radius 1 is 0.882 bits per heavy atom. The Kier molecular flexibility index (Phi) is 7.04. The molecule has 0 atom stereocenters. The maximum absolute atomic E-state index is 13.0. The van der Waals surface area contributed by atoms with Crippen molar-refractivity contribution in [2.75, 3.05) is 6.54 Å². The Labute approximate surface area is 204 Å². The first kappa shape index (κ1) is 23.2. The van der Waals surface area contributed by atoms with Crippen LogP contribution >= 0.6 is 15.9 Å². The van der Waals surface area contributed by atoms with Crippen molar-refractivity contribution >= 4 is 27.6 Å². The molecule has 1 aromatic heterocycles. The maximum atomic E-state index is 13.0. The largest absolute Gasteiger partial charge is 0.507 e. The summed E-state index contributed by atoms with van der Waals surface area (Å²) in [6, 6.07) is 23.8. The lowest BCUT2D eigenvalue weighted by atomic mass is 10.0. The number of para-hydroxylation sites is 1. The van der Waals surface area contributed by atoms with Crippen LogP contribution in [0.5, 0.6) is 5.75 Å². The molecule has 0 fully saturated rings. The van der Waals surface area contributed by atoms with Crippen LogP contribution in [-0.4, -0.2) is 27.9 Å². The number of nitrogens with zero attached hydrogens (tertiary/aromatic N) is 1. The van der Waals surface area contributed by atoms with Crippen LogP contribution in [0.4, 0.5) is 0 Å². The zero-order valence-corrected chi connectivity index (χ0v) is 19.7. The highest BCUT2D eigenvalue weighted by molar-refractivity contribution is 9.10. The van der Waals surface area contributed by atoms with Gasteiger partial charge in [-0.3, -0.25) is 19.0 Å². The first-order valence-electron chi connectivity index (χ1n) is 10.6. The molecule has 0 aliphatic heterocycles. The molecule has 2 N–H and O–H groups in total. The van der Waals surface area contributed by atoms with Crippen molar-refractivity contribution < 1.29 is 14.7 Å². The summed E-state index contributed by atoms with van der Waals surface area (Å²) < 4.78 is 1.91. The lowest BCUT2D eigenvalue weighted by molar-refractivity contribution is 0.0953. The van der Waals surface area contributed by atoms with Gasteiger partial charge in [-0.1, -0.05) is 58.4 Å². The predicted molar refractivity (Wildman–Crippen MR) is 134 cm³/mol. The second-order valence-corrected chi connectivity index (χ2v) is 8.54. The van der Waals surface area contributed by atoms with Crippen LogP contribution in [-0.2, 0) is 6.42 Å². The summed E-state index contributed by atoms with van der Waals surface area (Å²) in [5.41, 5.74) is 1.69. The highest BCUT2D eigenvalue weighted by atomic mass is 79.9. The number of ketones is 1. The molecular weight excluding hydrogens is 496 g/mol. The molecule has 4 rings (SSSR count). The molecule has 4 aromatic rings. The second-order valence-electron chi connectivity index (χ2n) is 7.63. The molecule has 0 unspecified atom stereocenters. The molecule has 0 bridgehead atoms. The molecule has 3 aromatic carbocycles. The van der Waals surface area contributed by atoms with E-state index in [2.05, 4.69) is 21.2 Å². The van der Waals surface area contributed by atoms with Crippen LogP contribution in [0.1, 0.15) is 31.8 Å². The average Bonchev–Trinajstić information content (AvgIpc) is 2.86. The normalized spacial score (nSPS) is 10.6. The Hall–Kier alpha value is -3.97. The van der Waals surface area contributed by atoms with Gasteiger partial charge >= 0.3 is 0 Å². The average molecular weight is 517 g/mol. The fourth-order valence-electron chi connectivity index (χ4n) is 3.59. The van der Waals surface area contributed by atoms with E-state index in [1.807, 2.05) is 30.3 Å². The van der Waals surface area contributed by atoms with Gasteiger partial charge in [0.25, 0.3) is 11.5 Å². The first-order chi connectivity index (χ1) is 16.4. The summed E-state index contributed by atoms with van der Waals surface area (Å²) >= 11 is 3.30. The molecule has 7 heteroatoms. The minimum absolute atomic E-state index is 0.103. The number of amides is 1. The van der Waals surface area contributed by atoms with E-state index in [-0.39, 0.29) is 28.3 Å². The van der Waals surface area contributed by atoms with Gasteiger partial charge in [0.1, 0.15) is 5.75 Å². The number of rotatable bonds is 7. The van der Waals surface area contributed by atoms with Crippen LogP contribution in [0, 0.1) is 0 Å². The van der Waals surface area contributed by atoms with Crippen molar-refractivity contribution in [2.24, 2.45) is 0 Å². The van der Waals surface area contributed by atoms with E-state index in [0.29, 0.717) is 28.7 Å². The summed E-state index contributed by atoms with van der Waals surface area (Å²) in [6.07, 6.45) is 2.07. The predicted octanol–water partition coefficient (Wildman–Crippen LogP) is 4.51. The Morgan fingerprint density at radius 2 is 1.62 bits per heavy atom. The molecule has 0 saturated heterocycles. The fraction of sp³-hybridized carbons (Fsp3) is 0.0741. The van der Waals surface area contributed by atoms with Crippen LogP contribution in [0.15, 0.2) is 100 Å². The van der Waals surface area contributed by atoms with Gasteiger partial charge in [0, 0.05) is 28.8 Å². The zero-order valence-electron chi connectivity index (χ0n) is 18.1. The first-order valence-corrected chi connectivity index (χ1v) is 11.4. The van der Waals surface area contributed by atoms with Gasteiger partial charge in [-0.15, -0.1) is 0 Å². The van der Waals surface area contributed by atoms with Crippen LogP contribution in [0.2, 0.25) is 0 Å². The minimum atomic E-state index is -0.447. The molecule has 0 spiro atoms. The SMILES string of the molecule is O=C(c1ccc(=O)n(-c2ccccc2C(=O)NCCc2ccccc2)c1)c1cc(Br)ccc1O. The third kappa shape index (κ3) is 5.15. The van der Waals surface area contributed by atoms with Gasteiger partial charge in [-0.2, -0.15) is 0 Å². The summed E-state index contributed by atoms with van der Waals surface area (Å²) in [5.74, 6) is -0.929. The lowest BCUT2D eigenvalue weighted by Gasteiger charge is -2.13. The number of hydrogen-bond acceptors (Lipinski definition) is 4. The number of aromatic hydroxyl groups is 1. The number of carbonyl (C=O) groups excluding carboxylic acids is 2. The minimum Gasteiger partial charge on any atom is -0.507 e. The van der Waals surface area contributed by atoms with E-state index >= 15 is 0 Å². The number of phenols is 1. The molecule has 0 saturated carbocycles. The van der Waals surface area contributed by atoms with E-state index in [1.54, 1.807) is 30.3 Å². The van der Waals surface area contributed by atoms with Gasteiger partial charge in [0.05, 0.1) is 16.8 Å². The van der Waals surface area contributed by atoms with E-state index in [4.69, 9.17) is 0 Å². The van der Waals surface area contributed by atoms with Gasteiger partial charge in [0.15, 0.2) is 5.78 Å². The molecule has 6 nitrogen and oxygen atoms in total. The molecule has 34 heavy (non-hydrogen) atoms. The van der Waals surface area contributed by atoms with Crippen LogP contribution in [0.3, 0.4) is 0 Å². The highest BCUT2D eigenvalue weighted by Crippen LogP contribution is 2.24. The molecule has 1 amide bonds. The third-order valence-electron chi connectivity index (χ3n) is 5.33. The summed E-state index contributed by atoms with van der Waals surface area (Å²) in [7, 11) is 0. The number of carbonyl (C=O) groups is 2. The molecule has 1 heterocycles. The highest BCUT2D eigenvalue weighted by Gasteiger charge is 2.18. The second kappa shape index (κ2) is 10.3. The summed E-state index contributed by atoms with van der Waals surface area (Å²) in [6.45, 7) is 0.437. The quantitative estimate of drug-likeness (QED) is 0.353. The van der Waals surface area contributed by atoms with Crippen molar-refractivity contribution in [1.29, 1.82) is 0 Å². The Bertz CT molecular complexity index is 1410. The summed E-state index contributed by atoms with van der Waals surface area (Å²) in [5, 5.41) is 13.0. The number of hydrogen-bond donors (Lipinski definition) is 2. The molecule has 0 aliphatic carbocycles. The van der Waals surface area contributed by atoms with Gasteiger partial charge < -0.3 is 10.4 Å². The van der Waals surface area contributed by atoms with Gasteiger partial charge in [-0.05, 0) is 48.4 Å². The fourth-order valence-corrected chi connectivity index (χ4v) is 3.95. The van der Waals surface area contributed by atoms with Crippen molar-refractivity contribution in [3.8, 4) is 11.4 Å². The smallest absolute Gasteiger partial charge is 0.255 e. The number of benzene rings is 3. The number of pyridine rings is 1.